The summed E-state index contributed by atoms with van der Waals surface area (Å²) in [6.07, 6.45) is 5.21. The summed E-state index contributed by atoms with van der Waals surface area (Å²) in [5.74, 6) is 0.316. The number of piperidine rings is 1. The van der Waals surface area contributed by atoms with Gasteiger partial charge in [0.2, 0.25) is 0 Å². The molecule has 1 saturated carbocycles. The Labute approximate surface area is 184 Å². The zero-order chi connectivity index (χ0) is 22.2. The third kappa shape index (κ3) is 6.70. The van der Waals surface area contributed by atoms with E-state index in [-0.39, 0.29) is 25.6 Å². The topological polar surface area (TPSA) is 93.4 Å². The monoisotopic (exact) mass is 439 g/mol. The van der Waals surface area contributed by atoms with Crippen LogP contribution in [0.25, 0.3) is 0 Å². The highest BCUT2D eigenvalue weighted by Gasteiger charge is 2.40. The van der Waals surface area contributed by atoms with Crippen molar-refractivity contribution in [2.45, 2.75) is 88.2 Å². The highest BCUT2D eigenvalue weighted by molar-refractivity contribution is 5.27. The Morgan fingerprint density at radius 1 is 1.00 bits per heavy atom. The Kier molecular flexibility index (Phi) is 9.69. The average molecular weight is 440 g/mol. The molecule has 3 rings (SSSR count). The first-order chi connectivity index (χ1) is 15.0. The van der Waals surface area contributed by atoms with E-state index in [4.69, 9.17) is 4.74 Å². The molecule has 1 aromatic carbocycles. The van der Waals surface area contributed by atoms with Crippen molar-refractivity contribution in [3.05, 3.63) is 35.1 Å². The maximum absolute atomic E-state index is 14.4. The zero-order valence-corrected chi connectivity index (χ0v) is 18.3. The summed E-state index contributed by atoms with van der Waals surface area (Å²) >= 11 is 0. The summed E-state index contributed by atoms with van der Waals surface area (Å²) in [4.78, 5) is 1.83. The molecule has 1 saturated heterocycles. The van der Waals surface area contributed by atoms with Crippen molar-refractivity contribution in [3.8, 4) is 0 Å². The van der Waals surface area contributed by atoms with Crippen LogP contribution in [0.3, 0.4) is 0 Å². The summed E-state index contributed by atoms with van der Waals surface area (Å²) in [6.45, 7) is 1.39. The minimum Gasteiger partial charge on any atom is -0.395 e. The highest BCUT2D eigenvalue weighted by atomic mass is 19.1. The van der Waals surface area contributed by atoms with Gasteiger partial charge in [0, 0.05) is 18.7 Å². The molecule has 1 aliphatic carbocycles. The zero-order valence-electron chi connectivity index (χ0n) is 18.3. The van der Waals surface area contributed by atoms with Gasteiger partial charge in [-0.1, -0.05) is 31.4 Å². The van der Waals surface area contributed by atoms with Crippen molar-refractivity contribution in [3.63, 3.8) is 0 Å². The number of benzene rings is 1. The van der Waals surface area contributed by atoms with E-state index in [9.17, 15) is 24.8 Å². The predicted molar refractivity (Wildman–Crippen MR) is 116 cm³/mol. The molecule has 4 N–H and O–H groups in total. The summed E-state index contributed by atoms with van der Waals surface area (Å²) < 4.78 is 20.1. The number of β-amino-alcohol motifs (C(OH)–C–C–N with tert-alkyl or cyclic N) is 1. The van der Waals surface area contributed by atoms with E-state index in [1.807, 2.05) is 17.0 Å². The number of ether oxygens (including phenoxy) is 1. The number of hydrogen-bond acceptors (Lipinski definition) is 6. The molecule has 1 aliphatic heterocycles. The molecule has 0 spiro atoms. The largest absolute Gasteiger partial charge is 0.395 e. The lowest BCUT2D eigenvalue weighted by atomic mass is 9.84. The summed E-state index contributed by atoms with van der Waals surface area (Å²) in [6, 6.07) is 5.03. The fraction of sp³-hybridized carbons (Fsp3) is 0.750. The van der Waals surface area contributed by atoms with E-state index in [2.05, 4.69) is 0 Å². The van der Waals surface area contributed by atoms with Crippen LogP contribution in [0, 0.1) is 5.82 Å². The van der Waals surface area contributed by atoms with Crippen LogP contribution in [0.5, 0.6) is 0 Å². The van der Waals surface area contributed by atoms with Gasteiger partial charge in [-0.25, -0.2) is 4.39 Å². The smallest absolute Gasteiger partial charge is 0.129 e. The minimum absolute atomic E-state index is 0.178. The van der Waals surface area contributed by atoms with Crippen LogP contribution in [0.1, 0.15) is 68.4 Å². The molecule has 0 amide bonds. The third-order valence-corrected chi connectivity index (χ3v) is 6.86. The fourth-order valence-electron chi connectivity index (χ4n) is 4.88. The van der Waals surface area contributed by atoms with Gasteiger partial charge in [0.25, 0.3) is 0 Å². The van der Waals surface area contributed by atoms with Crippen LogP contribution in [0.2, 0.25) is 0 Å². The van der Waals surface area contributed by atoms with Gasteiger partial charge < -0.3 is 25.2 Å². The van der Waals surface area contributed by atoms with Crippen LogP contribution in [0.4, 0.5) is 4.39 Å². The molecule has 6 nitrogen and oxygen atoms in total. The Bertz CT molecular complexity index is 669. The molecule has 31 heavy (non-hydrogen) atoms. The van der Waals surface area contributed by atoms with Crippen molar-refractivity contribution < 1.29 is 29.6 Å². The van der Waals surface area contributed by atoms with Gasteiger partial charge in [-0.3, -0.25) is 4.90 Å². The molecular formula is C24H38FNO5. The fourth-order valence-corrected chi connectivity index (χ4v) is 4.88. The molecule has 0 radical (unpaired) electrons. The van der Waals surface area contributed by atoms with E-state index in [0.717, 1.165) is 37.7 Å². The van der Waals surface area contributed by atoms with Gasteiger partial charge in [0.05, 0.1) is 25.4 Å². The Morgan fingerprint density at radius 3 is 2.48 bits per heavy atom. The number of aliphatic hydroxyl groups excluding tert-OH is 4. The van der Waals surface area contributed by atoms with Gasteiger partial charge in [-0.05, 0) is 56.2 Å². The van der Waals surface area contributed by atoms with Crippen LogP contribution in [-0.2, 0) is 11.3 Å². The summed E-state index contributed by atoms with van der Waals surface area (Å²) in [7, 11) is 0. The second-order valence-corrected chi connectivity index (χ2v) is 9.09. The van der Waals surface area contributed by atoms with E-state index in [0.29, 0.717) is 24.6 Å². The van der Waals surface area contributed by atoms with Crippen molar-refractivity contribution in [2.75, 3.05) is 26.3 Å². The Balaban J connectivity index is 1.32. The summed E-state index contributed by atoms with van der Waals surface area (Å²) in [5, 5.41) is 39.1. The number of aliphatic hydroxyl groups is 4. The first-order valence-corrected chi connectivity index (χ1v) is 11.8. The Hall–Kier alpha value is -1.09. The van der Waals surface area contributed by atoms with E-state index < -0.39 is 24.4 Å². The number of likely N-dealkylation sites (tertiary alicyclic amines) is 1. The average Bonchev–Trinajstić information content (AvgIpc) is 2.78. The predicted octanol–water partition coefficient (Wildman–Crippen LogP) is 2.32. The molecule has 4 atom stereocenters. The molecule has 2 aliphatic rings. The van der Waals surface area contributed by atoms with E-state index in [1.165, 1.54) is 19.3 Å². The van der Waals surface area contributed by atoms with E-state index in [1.54, 1.807) is 6.07 Å². The molecule has 176 valence electrons. The van der Waals surface area contributed by atoms with Gasteiger partial charge in [0.1, 0.15) is 18.0 Å². The second kappa shape index (κ2) is 12.2. The Morgan fingerprint density at radius 2 is 1.77 bits per heavy atom. The molecule has 0 aromatic heterocycles. The maximum atomic E-state index is 14.4. The third-order valence-electron chi connectivity index (χ3n) is 6.86. The molecule has 2 fully saturated rings. The SMILES string of the molecule is OC[C@@H]1[C@H](O)[C@H](O)C(O)CN1CCCCCOCc1ccc(C2CCCCC2)cc1F. The molecular weight excluding hydrogens is 401 g/mol. The second-order valence-electron chi connectivity index (χ2n) is 9.09. The molecule has 1 heterocycles. The number of halogens is 1. The normalized spacial score (nSPS) is 28.2. The quantitative estimate of drug-likeness (QED) is 0.418. The van der Waals surface area contributed by atoms with Crippen molar-refractivity contribution in [2.24, 2.45) is 0 Å². The number of unbranched alkanes of at least 4 members (excludes halogenated alkanes) is 2. The van der Waals surface area contributed by atoms with Crippen LogP contribution in [0.15, 0.2) is 18.2 Å². The van der Waals surface area contributed by atoms with Crippen molar-refractivity contribution in [1.29, 1.82) is 0 Å². The standard InChI is InChI=1S/C24H38FNO5/c25-20-13-18(17-7-3-1-4-8-17)9-10-19(20)16-31-12-6-2-5-11-26-14-22(28)24(30)23(29)21(26)15-27/h9-10,13,17,21-24,27-30H,1-8,11-12,14-16H2/t21-,22?,23+,24-/m1/s1. The van der Waals surface area contributed by atoms with Crippen molar-refractivity contribution >= 4 is 0 Å². The first kappa shape index (κ1) is 24.6. The van der Waals surface area contributed by atoms with Crippen LogP contribution < -0.4 is 0 Å². The number of nitrogens with zero attached hydrogens (tertiary/aromatic N) is 1. The lowest BCUT2D eigenvalue weighted by Gasteiger charge is -2.43. The molecule has 7 heteroatoms. The highest BCUT2D eigenvalue weighted by Crippen LogP contribution is 2.33. The lowest BCUT2D eigenvalue weighted by molar-refractivity contribution is -0.145. The first-order valence-electron chi connectivity index (χ1n) is 11.8. The number of rotatable bonds is 10. The van der Waals surface area contributed by atoms with Gasteiger partial charge in [0.15, 0.2) is 0 Å². The van der Waals surface area contributed by atoms with Gasteiger partial charge in [-0.2, -0.15) is 0 Å². The maximum Gasteiger partial charge on any atom is 0.129 e. The van der Waals surface area contributed by atoms with Crippen LogP contribution in [-0.4, -0.2) is 76.0 Å². The summed E-state index contributed by atoms with van der Waals surface area (Å²) in [5.41, 5.74) is 1.71. The van der Waals surface area contributed by atoms with Crippen molar-refractivity contribution in [1.82, 2.24) is 4.90 Å². The molecule has 1 aromatic rings. The van der Waals surface area contributed by atoms with Gasteiger partial charge in [-0.15, -0.1) is 0 Å². The molecule has 0 bridgehead atoms. The molecule has 1 unspecified atom stereocenters. The minimum atomic E-state index is -1.22. The van der Waals surface area contributed by atoms with Gasteiger partial charge >= 0.3 is 0 Å². The van der Waals surface area contributed by atoms with E-state index >= 15 is 0 Å². The lowest BCUT2D eigenvalue weighted by Crippen LogP contribution is -2.62. The number of hydrogen-bond donors (Lipinski definition) is 4. The van der Waals surface area contributed by atoms with Crippen LogP contribution >= 0.6 is 0 Å².